The Balaban J connectivity index is 2.82. The minimum absolute atomic E-state index is 0.641. The van der Waals surface area contributed by atoms with E-state index in [0.29, 0.717) is 5.56 Å². The van der Waals surface area contributed by atoms with Gasteiger partial charge in [0, 0.05) is 4.90 Å². The van der Waals surface area contributed by atoms with E-state index in [1.807, 2.05) is 18.4 Å². The zero-order valence-corrected chi connectivity index (χ0v) is 9.49. The van der Waals surface area contributed by atoms with E-state index in [2.05, 4.69) is 0 Å². The largest absolute Gasteiger partial charge is 0.481 e. The van der Waals surface area contributed by atoms with Gasteiger partial charge in [0.25, 0.3) is 0 Å². The Morgan fingerprint density at radius 2 is 1.87 bits per heavy atom. The highest BCUT2D eigenvalue weighted by atomic mass is 32.2. The maximum Gasteiger partial charge on any atom is 0.309 e. The lowest BCUT2D eigenvalue weighted by atomic mass is 9.98. The van der Waals surface area contributed by atoms with Gasteiger partial charge in [0.15, 0.2) is 0 Å². The number of aliphatic carboxylic acids is 1. The number of hydrogen-bond donors (Lipinski definition) is 2. The van der Waals surface area contributed by atoms with Gasteiger partial charge in [0.05, 0.1) is 12.0 Å². The average Bonchev–Trinajstić information content (AvgIpc) is 2.27. The lowest BCUT2D eigenvalue weighted by Crippen LogP contribution is -2.18. The molecule has 0 saturated heterocycles. The highest BCUT2D eigenvalue weighted by Gasteiger charge is 2.22. The standard InChI is InChI=1S/C11H14O3S/c1-7(11(13)14)10(12)8-3-5-9(15-2)6-4-8/h3-7,10,12H,1-2H3,(H,13,14). The highest BCUT2D eigenvalue weighted by Crippen LogP contribution is 2.24. The van der Waals surface area contributed by atoms with Crippen molar-refractivity contribution in [1.29, 1.82) is 0 Å². The molecule has 0 amide bonds. The maximum absolute atomic E-state index is 10.7. The van der Waals surface area contributed by atoms with Crippen LogP contribution in [0.5, 0.6) is 0 Å². The molecule has 0 fully saturated rings. The zero-order chi connectivity index (χ0) is 11.4. The Labute approximate surface area is 93.1 Å². The van der Waals surface area contributed by atoms with Crippen molar-refractivity contribution < 1.29 is 15.0 Å². The summed E-state index contributed by atoms with van der Waals surface area (Å²) in [6, 6.07) is 7.27. The third-order valence-corrected chi connectivity index (χ3v) is 3.06. The molecule has 0 aliphatic carbocycles. The SMILES string of the molecule is CSc1ccc(C(O)C(C)C(=O)O)cc1. The van der Waals surface area contributed by atoms with Gasteiger partial charge in [-0.2, -0.15) is 0 Å². The van der Waals surface area contributed by atoms with Crippen molar-refractivity contribution >= 4 is 17.7 Å². The van der Waals surface area contributed by atoms with E-state index in [1.54, 1.807) is 23.9 Å². The Kier molecular flexibility index (Phi) is 4.17. The fourth-order valence-corrected chi connectivity index (χ4v) is 1.63. The number of benzene rings is 1. The third-order valence-electron chi connectivity index (χ3n) is 2.32. The van der Waals surface area contributed by atoms with Gasteiger partial charge in [-0.25, -0.2) is 0 Å². The van der Waals surface area contributed by atoms with E-state index in [9.17, 15) is 9.90 Å². The molecule has 15 heavy (non-hydrogen) atoms. The molecular weight excluding hydrogens is 212 g/mol. The summed E-state index contributed by atoms with van der Waals surface area (Å²) in [6.45, 7) is 1.50. The average molecular weight is 226 g/mol. The first-order chi connectivity index (χ1) is 7.06. The summed E-state index contributed by atoms with van der Waals surface area (Å²) < 4.78 is 0. The first kappa shape index (κ1) is 12.1. The minimum Gasteiger partial charge on any atom is -0.481 e. The van der Waals surface area contributed by atoms with Crippen molar-refractivity contribution in [2.45, 2.75) is 17.9 Å². The van der Waals surface area contributed by atoms with Crippen molar-refractivity contribution in [1.82, 2.24) is 0 Å². The number of aliphatic hydroxyl groups excluding tert-OH is 1. The Morgan fingerprint density at radius 1 is 1.33 bits per heavy atom. The van der Waals surface area contributed by atoms with Crippen molar-refractivity contribution in [3.05, 3.63) is 29.8 Å². The zero-order valence-electron chi connectivity index (χ0n) is 8.68. The van der Waals surface area contributed by atoms with Crippen LogP contribution in [0.1, 0.15) is 18.6 Å². The van der Waals surface area contributed by atoms with E-state index < -0.39 is 18.0 Å². The molecule has 0 bridgehead atoms. The van der Waals surface area contributed by atoms with Crippen LogP contribution in [0.2, 0.25) is 0 Å². The first-order valence-electron chi connectivity index (χ1n) is 4.61. The minimum atomic E-state index is -0.989. The van der Waals surface area contributed by atoms with Gasteiger partial charge in [0.2, 0.25) is 0 Å². The smallest absolute Gasteiger partial charge is 0.309 e. The highest BCUT2D eigenvalue weighted by molar-refractivity contribution is 7.98. The second kappa shape index (κ2) is 5.19. The van der Waals surface area contributed by atoms with E-state index >= 15 is 0 Å². The van der Waals surface area contributed by atoms with Gasteiger partial charge in [0.1, 0.15) is 0 Å². The van der Waals surface area contributed by atoms with Crippen LogP contribution in [0, 0.1) is 5.92 Å². The van der Waals surface area contributed by atoms with Gasteiger partial charge in [-0.05, 0) is 30.9 Å². The quantitative estimate of drug-likeness (QED) is 0.772. The predicted octanol–water partition coefficient (Wildman–Crippen LogP) is 2.16. The molecule has 82 valence electrons. The molecule has 0 spiro atoms. The number of aliphatic hydroxyl groups is 1. The molecule has 0 radical (unpaired) electrons. The molecule has 2 N–H and O–H groups in total. The first-order valence-corrected chi connectivity index (χ1v) is 5.83. The van der Waals surface area contributed by atoms with Gasteiger partial charge in [-0.1, -0.05) is 12.1 Å². The molecule has 3 nitrogen and oxygen atoms in total. The lowest BCUT2D eigenvalue weighted by Gasteiger charge is -2.15. The molecule has 2 unspecified atom stereocenters. The second-order valence-corrected chi connectivity index (χ2v) is 4.22. The van der Waals surface area contributed by atoms with E-state index in [4.69, 9.17) is 5.11 Å². The molecule has 1 rings (SSSR count). The summed E-state index contributed by atoms with van der Waals surface area (Å²) in [4.78, 5) is 11.8. The summed E-state index contributed by atoms with van der Waals surface area (Å²) >= 11 is 1.61. The van der Waals surface area contributed by atoms with Crippen LogP contribution >= 0.6 is 11.8 Å². The topological polar surface area (TPSA) is 57.5 Å². The van der Waals surface area contributed by atoms with Gasteiger partial charge in [-0.3, -0.25) is 4.79 Å². The van der Waals surface area contributed by atoms with Crippen molar-refractivity contribution in [3.63, 3.8) is 0 Å². The normalized spacial score (nSPS) is 14.6. The van der Waals surface area contributed by atoms with Crippen LogP contribution < -0.4 is 0 Å². The van der Waals surface area contributed by atoms with Crippen LogP contribution in [0.25, 0.3) is 0 Å². The lowest BCUT2D eigenvalue weighted by molar-refractivity contribution is -0.145. The molecule has 1 aromatic rings. The maximum atomic E-state index is 10.7. The van der Waals surface area contributed by atoms with Crippen molar-refractivity contribution in [2.75, 3.05) is 6.26 Å². The monoisotopic (exact) mass is 226 g/mol. The van der Waals surface area contributed by atoms with Crippen LogP contribution in [0.15, 0.2) is 29.2 Å². The van der Waals surface area contributed by atoms with Crippen LogP contribution in [0.3, 0.4) is 0 Å². The van der Waals surface area contributed by atoms with Crippen molar-refractivity contribution in [2.24, 2.45) is 5.92 Å². The number of thioether (sulfide) groups is 1. The summed E-state index contributed by atoms with van der Waals surface area (Å²) in [7, 11) is 0. The number of carbonyl (C=O) groups is 1. The Hall–Kier alpha value is -1.00. The van der Waals surface area contributed by atoms with Crippen molar-refractivity contribution in [3.8, 4) is 0 Å². The van der Waals surface area contributed by atoms with Crippen LogP contribution in [0.4, 0.5) is 0 Å². The molecule has 1 aromatic carbocycles. The second-order valence-electron chi connectivity index (χ2n) is 3.34. The van der Waals surface area contributed by atoms with Gasteiger partial charge in [-0.15, -0.1) is 11.8 Å². The predicted molar refractivity (Wildman–Crippen MR) is 60.0 cm³/mol. The molecule has 2 atom stereocenters. The molecule has 0 aliphatic heterocycles. The third kappa shape index (κ3) is 2.97. The molecule has 0 aromatic heterocycles. The Morgan fingerprint density at radius 3 is 2.27 bits per heavy atom. The molecule has 4 heteroatoms. The number of carboxylic acid groups (broad SMARTS) is 1. The summed E-state index contributed by atoms with van der Waals surface area (Å²) in [6.07, 6.45) is 1.02. The van der Waals surface area contributed by atoms with E-state index in [-0.39, 0.29) is 0 Å². The number of rotatable bonds is 4. The fourth-order valence-electron chi connectivity index (χ4n) is 1.22. The van der Waals surface area contributed by atoms with E-state index in [0.717, 1.165) is 4.90 Å². The van der Waals surface area contributed by atoms with Crippen LogP contribution in [-0.4, -0.2) is 22.4 Å². The van der Waals surface area contributed by atoms with Gasteiger partial charge >= 0.3 is 5.97 Å². The molecule has 0 saturated carbocycles. The van der Waals surface area contributed by atoms with Crippen LogP contribution in [-0.2, 0) is 4.79 Å². The summed E-state index contributed by atoms with van der Waals surface area (Å²) in [5, 5.41) is 18.5. The molecule has 0 aliphatic rings. The summed E-state index contributed by atoms with van der Waals surface area (Å²) in [5.74, 6) is -1.78. The number of hydrogen-bond acceptors (Lipinski definition) is 3. The van der Waals surface area contributed by atoms with Gasteiger partial charge < -0.3 is 10.2 Å². The Bertz CT molecular complexity index is 334. The molecule has 0 heterocycles. The fraction of sp³-hybridized carbons (Fsp3) is 0.364. The van der Waals surface area contributed by atoms with E-state index in [1.165, 1.54) is 6.92 Å². The number of carboxylic acids is 1. The summed E-state index contributed by atoms with van der Waals surface area (Å²) in [5.41, 5.74) is 0.641. The molecular formula is C11H14O3S.